The van der Waals surface area contributed by atoms with Gasteiger partial charge in [-0.05, 0) is 61.1 Å². The van der Waals surface area contributed by atoms with E-state index in [0.717, 1.165) is 11.1 Å². The SMILES string of the molecule is C=CC[C@H]1C[C@H](c2cccc(Cl)c2)[C@@H](c2ccc(Cl)cc2)N([C@@H](CC)CCS(N)(=O)=O)C1=O. The Morgan fingerprint density at radius 1 is 1.15 bits per heavy atom. The molecule has 4 atom stereocenters. The zero-order chi connectivity index (χ0) is 24.2. The first-order valence-electron chi connectivity index (χ1n) is 11.1. The van der Waals surface area contributed by atoms with Gasteiger partial charge >= 0.3 is 0 Å². The number of halogens is 2. The van der Waals surface area contributed by atoms with Crippen LogP contribution in [0, 0.1) is 5.92 Å². The molecule has 8 heteroatoms. The van der Waals surface area contributed by atoms with Gasteiger partial charge in [-0.2, -0.15) is 0 Å². The van der Waals surface area contributed by atoms with Crippen molar-refractivity contribution in [2.75, 3.05) is 5.75 Å². The highest BCUT2D eigenvalue weighted by Gasteiger charge is 2.45. The van der Waals surface area contributed by atoms with Crippen LogP contribution in [0.2, 0.25) is 10.0 Å². The summed E-state index contributed by atoms with van der Waals surface area (Å²) in [7, 11) is -3.66. The van der Waals surface area contributed by atoms with E-state index < -0.39 is 10.0 Å². The maximum atomic E-state index is 13.8. The molecule has 1 aliphatic heterocycles. The lowest BCUT2D eigenvalue weighted by Crippen LogP contribution is -2.52. The third-order valence-electron chi connectivity index (χ3n) is 6.36. The van der Waals surface area contributed by atoms with Crippen LogP contribution in [0.25, 0.3) is 0 Å². The van der Waals surface area contributed by atoms with Gasteiger partial charge in [0.1, 0.15) is 0 Å². The third-order valence-corrected chi connectivity index (χ3v) is 7.65. The van der Waals surface area contributed by atoms with Crippen molar-refractivity contribution >= 4 is 39.1 Å². The molecule has 0 aliphatic carbocycles. The fourth-order valence-electron chi connectivity index (χ4n) is 4.83. The Kier molecular flexibility index (Phi) is 8.62. The lowest BCUT2D eigenvalue weighted by atomic mass is 9.74. The van der Waals surface area contributed by atoms with Crippen molar-refractivity contribution in [3.63, 3.8) is 0 Å². The fraction of sp³-hybridized carbons (Fsp3) is 0.400. The highest BCUT2D eigenvalue weighted by Crippen LogP contribution is 2.48. The lowest BCUT2D eigenvalue weighted by molar-refractivity contribution is -0.146. The second-order valence-corrected chi connectivity index (χ2v) is 11.2. The summed E-state index contributed by atoms with van der Waals surface area (Å²) in [4.78, 5) is 15.7. The number of nitrogens with zero attached hydrogens (tertiary/aromatic N) is 1. The van der Waals surface area contributed by atoms with Gasteiger partial charge in [-0.25, -0.2) is 13.6 Å². The van der Waals surface area contributed by atoms with Crippen LogP contribution in [0.5, 0.6) is 0 Å². The minimum absolute atomic E-state index is 0.00870. The number of hydrogen-bond donors (Lipinski definition) is 1. The van der Waals surface area contributed by atoms with Gasteiger partial charge in [-0.1, -0.05) is 60.5 Å². The molecule has 0 spiro atoms. The molecule has 0 bridgehead atoms. The first-order chi connectivity index (χ1) is 15.6. The van der Waals surface area contributed by atoms with Gasteiger partial charge in [0.25, 0.3) is 0 Å². The standard InChI is InChI=1S/C25H30Cl2N2O3S/c1-3-6-19-16-23(18-7-5-8-21(27)15-18)24(17-9-11-20(26)12-10-17)29(25(19)30)22(4-2)13-14-33(28,31)32/h3,5,7-12,15,19,22-24H,1,4,6,13-14,16H2,2H3,(H2,28,31,32)/t19-,22-,23+,24+/m0/s1. The summed E-state index contributed by atoms with van der Waals surface area (Å²) in [5.41, 5.74) is 1.99. The summed E-state index contributed by atoms with van der Waals surface area (Å²) in [5, 5.41) is 6.54. The molecule has 1 fully saturated rings. The van der Waals surface area contributed by atoms with Crippen molar-refractivity contribution < 1.29 is 13.2 Å². The van der Waals surface area contributed by atoms with E-state index in [1.165, 1.54) is 0 Å². The topological polar surface area (TPSA) is 80.5 Å². The lowest BCUT2D eigenvalue weighted by Gasteiger charge is -2.48. The highest BCUT2D eigenvalue weighted by molar-refractivity contribution is 7.89. The maximum absolute atomic E-state index is 13.8. The van der Waals surface area contributed by atoms with E-state index in [1.54, 1.807) is 6.08 Å². The molecule has 0 saturated carbocycles. The molecule has 2 aromatic rings. The van der Waals surface area contributed by atoms with Crippen molar-refractivity contribution in [2.24, 2.45) is 11.1 Å². The van der Waals surface area contributed by atoms with Crippen LogP contribution in [0.1, 0.15) is 55.7 Å². The van der Waals surface area contributed by atoms with Crippen LogP contribution in [0.15, 0.2) is 61.2 Å². The zero-order valence-corrected chi connectivity index (χ0v) is 21.0. The third kappa shape index (κ3) is 6.38. The van der Waals surface area contributed by atoms with Crippen molar-refractivity contribution in [1.82, 2.24) is 4.90 Å². The largest absolute Gasteiger partial charge is 0.332 e. The number of nitrogens with two attached hydrogens (primary N) is 1. The van der Waals surface area contributed by atoms with Crippen LogP contribution in [-0.4, -0.2) is 31.0 Å². The Morgan fingerprint density at radius 3 is 2.42 bits per heavy atom. The van der Waals surface area contributed by atoms with Crippen LogP contribution in [0.4, 0.5) is 0 Å². The van der Waals surface area contributed by atoms with Gasteiger partial charge in [0, 0.05) is 27.9 Å². The number of allylic oxidation sites excluding steroid dienone is 1. The molecule has 5 nitrogen and oxygen atoms in total. The molecule has 0 unspecified atom stereocenters. The number of piperidine rings is 1. The van der Waals surface area contributed by atoms with Gasteiger partial charge in [-0.15, -0.1) is 6.58 Å². The molecule has 0 radical (unpaired) electrons. The summed E-state index contributed by atoms with van der Waals surface area (Å²) in [5.74, 6) is -0.458. The molecule has 178 valence electrons. The summed E-state index contributed by atoms with van der Waals surface area (Å²) in [6, 6.07) is 14.6. The van der Waals surface area contributed by atoms with Gasteiger partial charge < -0.3 is 4.90 Å². The predicted molar refractivity (Wildman–Crippen MR) is 135 cm³/mol. The van der Waals surface area contributed by atoms with Gasteiger partial charge in [0.15, 0.2) is 0 Å². The Balaban J connectivity index is 2.15. The Bertz CT molecular complexity index is 1090. The monoisotopic (exact) mass is 508 g/mol. The van der Waals surface area contributed by atoms with Gasteiger partial charge in [0.05, 0.1) is 11.8 Å². The number of likely N-dealkylation sites (tertiary alicyclic amines) is 1. The Morgan fingerprint density at radius 2 is 1.85 bits per heavy atom. The fourth-order valence-corrected chi connectivity index (χ4v) is 5.76. The van der Waals surface area contributed by atoms with Crippen LogP contribution >= 0.6 is 23.2 Å². The molecule has 0 aromatic heterocycles. The second-order valence-electron chi connectivity index (χ2n) is 8.58. The van der Waals surface area contributed by atoms with Crippen molar-refractivity contribution in [3.8, 4) is 0 Å². The van der Waals surface area contributed by atoms with E-state index in [2.05, 4.69) is 6.58 Å². The first-order valence-corrected chi connectivity index (χ1v) is 13.6. The number of hydrogen-bond acceptors (Lipinski definition) is 3. The summed E-state index contributed by atoms with van der Waals surface area (Å²) >= 11 is 12.5. The number of rotatable bonds is 9. The number of primary sulfonamides is 1. The van der Waals surface area contributed by atoms with Crippen molar-refractivity contribution in [1.29, 1.82) is 0 Å². The minimum atomic E-state index is -3.66. The van der Waals surface area contributed by atoms with Gasteiger partial charge in [-0.3, -0.25) is 4.79 Å². The van der Waals surface area contributed by atoms with Crippen molar-refractivity contribution in [2.45, 2.75) is 50.6 Å². The molecular formula is C25H30Cl2N2O3S. The zero-order valence-electron chi connectivity index (χ0n) is 18.7. The van der Waals surface area contributed by atoms with Crippen LogP contribution in [-0.2, 0) is 14.8 Å². The Labute approximate surface area is 206 Å². The predicted octanol–water partition coefficient (Wildman–Crippen LogP) is 5.70. The van der Waals surface area contributed by atoms with E-state index in [9.17, 15) is 13.2 Å². The molecule has 1 saturated heterocycles. The average Bonchev–Trinajstić information content (AvgIpc) is 2.76. The van der Waals surface area contributed by atoms with E-state index in [-0.39, 0.29) is 42.0 Å². The van der Waals surface area contributed by atoms with Gasteiger partial charge in [0.2, 0.25) is 15.9 Å². The maximum Gasteiger partial charge on any atom is 0.226 e. The molecule has 1 heterocycles. The van der Waals surface area contributed by atoms with Crippen LogP contribution < -0.4 is 5.14 Å². The summed E-state index contributed by atoms with van der Waals surface area (Å²) in [6.07, 6.45) is 3.83. The minimum Gasteiger partial charge on any atom is -0.332 e. The number of sulfonamides is 1. The number of amides is 1. The molecule has 1 aliphatic rings. The molecule has 33 heavy (non-hydrogen) atoms. The van der Waals surface area contributed by atoms with E-state index in [0.29, 0.717) is 29.3 Å². The molecule has 1 amide bonds. The first kappa shape index (κ1) is 25.8. The van der Waals surface area contributed by atoms with E-state index in [1.807, 2.05) is 60.4 Å². The van der Waals surface area contributed by atoms with E-state index >= 15 is 0 Å². The van der Waals surface area contributed by atoms with Crippen LogP contribution in [0.3, 0.4) is 0 Å². The number of carbonyl (C=O) groups is 1. The highest BCUT2D eigenvalue weighted by atomic mass is 35.5. The van der Waals surface area contributed by atoms with Crippen molar-refractivity contribution in [3.05, 3.63) is 82.4 Å². The molecule has 3 rings (SSSR count). The second kappa shape index (κ2) is 11.0. The van der Waals surface area contributed by atoms with E-state index in [4.69, 9.17) is 28.3 Å². The smallest absolute Gasteiger partial charge is 0.226 e. The number of carbonyl (C=O) groups excluding carboxylic acids is 1. The molecule has 2 aromatic carbocycles. The quantitative estimate of drug-likeness (QED) is 0.441. The Hall–Kier alpha value is -1.86. The molecule has 2 N–H and O–H groups in total. The summed E-state index contributed by atoms with van der Waals surface area (Å²) in [6.45, 7) is 5.81. The normalized spacial score (nSPS) is 22.2. The summed E-state index contributed by atoms with van der Waals surface area (Å²) < 4.78 is 23.5. The average molecular weight is 509 g/mol. The molecular weight excluding hydrogens is 479 g/mol. The number of benzene rings is 2.